The minimum Gasteiger partial charge on any atom is -0.350 e. The maximum absolute atomic E-state index is 12.8. The molecule has 3 aliphatic carbocycles. The topological polar surface area (TPSA) is 29.1 Å². The number of amides is 1. The Balaban J connectivity index is 1.57. The van der Waals surface area contributed by atoms with E-state index in [1.54, 1.807) is 0 Å². The minimum atomic E-state index is 0.0543. The first-order valence-electron chi connectivity index (χ1n) is 9.10. The molecule has 3 aliphatic rings. The molecule has 1 amide bonds. The summed E-state index contributed by atoms with van der Waals surface area (Å²) >= 11 is 3.66. The molecule has 0 aromatic rings. The summed E-state index contributed by atoms with van der Waals surface area (Å²) in [7, 11) is 0. The highest BCUT2D eigenvalue weighted by molar-refractivity contribution is 9.09. The molecule has 0 aliphatic heterocycles. The maximum Gasteiger partial charge on any atom is 0.223 e. The van der Waals surface area contributed by atoms with Crippen LogP contribution >= 0.6 is 15.9 Å². The molecule has 1 N–H and O–H groups in total. The Hall–Kier alpha value is -0.0500. The predicted octanol–water partition coefficient (Wildman–Crippen LogP) is 4.81. The molecule has 0 spiro atoms. The number of hydrogen-bond donors (Lipinski definition) is 1. The first kappa shape index (κ1) is 15.8. The van der Waals surface area contributed by atoms with Gasteiger partial charge in [-0.1, -0.05) is 60.9 Å². The van der Waals surface area contributed by atoms with Crippen LogP contribution in [-0.2, 0) is 4.79 Å². The summed E-state index contributed by atoms with van der Waals surface area (Å²) in [4.78, 5) is 12.8. The van der Waals surface area contributed by atoms with Crippen molar-refractivity contribution in [2.75, 3.05) is 5.33 Å². The van der Waals surface area contributed by atoms with Crippen LogP contribution in [0.1, 0.15) is 77.0 Å². The fourth-order valence-electron chi connectivity index (χ4n) is 5.00. The number of rotatable bonds is 3. The molecule has 0 aromatic heterocycles. The van der Waals surface area contributed by atoms with E-state index in [4.69, 9.17) is 0 Å². The Morgan fingerprint density at radius 2 is 1.67 bits per heavy atom. The Kier molecular flexibility index (Phi) is 5.29. The zero-order chi connectivity index (χ0) is 14.7. The normalized spacial score (nSPS) is 35.8. The van der Waals surface area contributed by atoms with E-state index >= 15 is 0 Å². The van der Waals surface area contributed by atoms with Crippen molar-refractivity contribution in [2.24, 2.45) is 17.8 Å². The molecule has 2 nitrogen and oxygen atoms in total. The molecule has 3 saturated carbocycles. The van der Waals surface area contributed by atoms with Crippen LogP contribution in [0.4, 0.5) is 0 Å². The van der Waals surface area contributed by atoms with Crippen molar-refractivity contribution in [3.8, 4) is 0 Å². The number of fused-ring (bicyclic) bond motifs is 1. The molecule has 3 heteroatoms. The standard InChI is InChI=1S/C18H30BrNO/c19-13-18(10-4-1-5-11-18)20-17(21)16-9-8-14-6-2-3-7-15(14)12-16/h14-16H,1-13H2,(H,20,21). The summed E-state index contributed by atoms with van der Waals surface area (Å²) in [5, 5.41) is 4.38. The molecular formula is C18H30BrNO. The van der Waals surface area contributed by atoms with Crippen LogP contribution in [0.25, 0.3) is 0 Å². The zero-order valence-corrected chi connectivity index (χ0v) is 14.8. The van der Waals surface area contributed by atoms with Crippen LogP contribution in [0.15, 0.2) is 0 Å². The number of alkyl halides is 1. The van der Waals surface area contributed by atoms with E-state index in [2.05, 4.69) is 21.2 Å². The van der Waals surface area contributed by atoms with Gasteiger partial charge in [0.2, 0.25) is 5.91 Å². The molecule has 120 valence electrons. The molecular weight excluding hydrogens is 326 g/mol. The predicted molar refractivity (Wildman–Crippen MR) is 90.5 cm³/mol. The van der Waals surface area contributed by atoms with Crippen molar-refractivity contribution in [3.63, 3.8) is 0 Å². The second-order valence-corrected chi connectivity index (χ2v) is 8.34. The Bertz CT molecular complexity index is 364. The quantitative estimate of drug-likeness (QED) is 0.723. The van der Waals surface area contributed by atoms with Gasteiger partial charge in [-0.2, -0.15) is 0 Å². The second-order valence-electron chi connectivity index (χ2n) is 7.78. The maximum atomic E-state index is 12.8. The number of carbonyl (C=O) groups excluding carboxylic acids is 1. The summed E-state index contributed by atoms with van der Waals surface area (Å²) in [6.45, 7) is 0. The fourth-order valence-corrected chi connectivity index (χ4v) is 5.70. The van der Waals surface area contributed by atoms with Gasteiger partial charge in [-0.25, -0.2) is 0 Å². The van der Waals surface area contributed by atoms with Gasteiger partial charge < -0.3 is 5.32 Å². The number of hydrogen-bond acceptors (Lipinski definition) is 1. The molecule has 0 heterocycles. The van der Waals surface area contributed by atoms with Gasteiger partial charge >= 0.3 is 0 Å². The number of halogens is 1. The monoisotopic (exact) mass is 355 g/mol. The van der Waals surface area contributed by atoms with E-state index in [1.807, 2.05) is 0 Å². The highest BCUT2D eigenvalue weighted by Gasteiger charge is 2.38. The first-order chi connectivity index (χ1) is 10.2. The van der Waals surface area contributed by atoms with Crippen LogP contribution in [0.3, 0.4) is 0 Å². The highest BCUT2D eigenvalue weighted by atomic mass is 79.9. The number of carbonyl (C=O) groups is 1. The van der Waals surface area contributed by atoms with Crippen molar-refractivity contribution >= 4 is 21.8 Å². The smallest absolute Gasteiger partial charge is 0.223 e. The fraction of sp³-hybridized carbons (Fsp3) is 0.944. The molecule has 3 fully saturated rings. The van der Waals surface area contributed by atoms with E-state index < -0.39 is 0 Å². The lowest BCUT2D eigenvalue weighted by molar-refractivity contribution is -0.129. The van der Waals surface area contributed by atoms with Gasteiger partial charge in [-0.05, 0) is 43.9 Å². The van der Waals surface area contributed by atoms with E-state index in [0.29, 0.717) is 11.8 Å². The van der Waals surface area contributed by atoms with E-state index in [1.165, 1.54) is 51.4 Å². The van der Waals surface area contributed by atoms with Crippen molar-refractivity contribution in [1.29, 1.82) is 0 Å². The largest absolute Gasteiger partial charge is 0.350 e. The summed E-state index contributed by atoms with van der Waals surface area (Å²) in [5.41, 5.74) is 0.0543. The molecule has 0 aromatic carbocycles. The Morgan fingerprint density at radius 1 is 0.952 bits per heavy atom. The van der Waals surface area contributed by atoms with Gasteiger partial charge in [-0.15, -0.1) is 0 Å². The first-order valence-corrected chi connectivity index (χ1v) is 10.2. The van der Waals surface area contributed by atoms with Gasteiger partial charge in [0.15, 0.2) is 0 Å². The Labute approximate surface area is 138 Å². The van der Waals surface area contributed by atoms with Gasteiger partial charge in [0, 0.05) is 16.8 Å². The number of nitrogens with one attached hydrogen (secondary N) is 1. The molecule has 21 heavy (non-hydrogen) atoms. The third kappa shape index (κ3) is 3.65. The van der Waals surface area contributed by atoms with Gasteiger partial charge in [0.1, 0.15) is 0 Å². The lowest BCUT2D eigenvalue weighted by Gasteiger charge is -2.41. The van der Waals surface area contributed by atoms with Crippen LogP contribution in [0, 0.1) is 17.8 Å². The molecule has 0 saturated heterocycles. The highest BCUT2D eigenvalue weighted by Crippen LogP contribution is 2.43. The van der Waals surface area contributed by atoms with Crippen LogP contribution in [0.5, 0.6) is 0 Å². The summed E-state index contributed by atoms with van der Waals surface area (Å²) < 4.78 is 0. The van der Waals surface area contributed by atoms with Crippen LogP contribution in [0.2, 0.25) is 0 Å². The molecule has 0 bridgehead atoms. The Morgan fingerprint density at radius 3 is 2.38 bits per heavy atom. The van der Waals surface area contributed by atoms with Gasteiger partial charge in [-0.3, -0.25) is 4.79 Å². The third-order valence-electron chi connectivity index (χ3n) is 6.37. The third-order valence-corrected chi connectivity index (χ3v) is 7.44. The molecule has 3 rings (SSSR count). The summed E-state index contributed by atoms with van der Waals surface area (Å²) in [5.74, 6) is 2.43. The van der Waals surface area contributed by atoms with Gasteiger partial charge in [0.25, 0.3) is 0 Å². The SMILES string of the molecule is O=C(NC1(CBr)CCCCC1)C1CCC2CCCCC2C1. The van der Waals surface area contributed by atoms with E-state index in [-0.39, 0.29) is 5.54 Å². The van der Waals surface area contributed by atoms with E-state index in [0.717, 1.165) is 42.8 Å². The lowest BCUT2D eigenvalue weighted by Crippen LogP contribution is -2.53. The molecule has 3 unspecified atom stereocenters. The van der Waals surface area contributed by atoms with Crippen LogP contribution < -0.4 is 5.32 Å². The second kappa shape index (κ2) is 7.02. The van der Waals surface area contributed by atoms with E-state index in [9.17, 15) is 4.79 Å². The summed E-state index contributed by atoms with van der Waals surface area (Å²) in [6, 6.07) is 0. The zero-order valence-electron chi connectivity index (χ0n) is 13.2. The van der Waals surface area contributed by atoms with Crippen molar-refractivity contribution in [2.45, 2.75) is 82.6 Å². The van der Waals surface area contributed by atoms with Gasteiger partial charge in [0.05, 0.1) is 0 Å². The van der Waals surface area contributed by atoms with Crippen LogP contribution in [-0.4, -0.2) is 16.8 Å². The summed E-state index contributed by atoms with van der Waals surface area (Å²) in [6.07, 6.45) is 15.4. The van der Waals surface area contributed by atoms with Crippen molar-refractivity contribution < 1.29 is 4.79 Å². The molecule has 3 atom stereocenters. The van der Waals surface area contributed by atoms with Crippen molar-refractivity contribution in [1.82, 2.24) is 5.32 Å². The lowest BCUT2D eigenvalue weighted by atomic mass is 9.67. The van der Waals surface area contributed by atoms with Crippen molar-refractivity contribution in [3.05, 3.63) is 0 Å². The minimum absolute atomic E-state index is 0.0543. The molecule has 0 radical (unpaired) electrons. The average Bonchev–Trinajstić information content (AvgIpc) is 2.55. The average molecular weight is 356 g/mol.